The van der Waals surface area contributed by atoms with Crippen LogP contribution in [0.3, 0.4) is 0 Å². The lowest BCUT2D eigenvalue weighted by Gasteiger charge is -2.16. The summed E-state index contributed by atoms with van der Waals surface area (Å²) in [5.74, 6) is 0.571. The van der Waals surface area contributed by atoms with Crippen LogP contribution >= 0.6 is 0 Å². The minimum absolute atomic E-state index is 0.0343. The van der Waals surface area contributed by atoms with E-state index >= 15 is 0 Å². The van der Waals surface area contributed by atoms with Crippen LogP contribution in [-0.2, 0) is 0 Å². The molecule has 0 bridgehead atoms. The van der Waals surface area contributed by atoms with E-state index in [9.17, 15) is 4.79 Å². The van der Waals surface area contributed by atoms with Crippen LogP contribution in [-0.4, -0.2) is 42.7 Å². The zero-order valence-corrected chi connectivity index (χ0v) is 9.64. The van der Waals surface area contributed by atoms with Gasteiger partial charge in [-0.05, 0) is 25.1 Å². The topological polar surface area (TPSA) is 49.8 Å². The molecule has 4 nitrogen and oxygen atoms in total. The molecule has 0 heterocycles. The molecule has 0 aliphatic carbocycles. The summed E-state index contributed by atoms with van der Waals surface area (Å²) in [6, 6.07) is 7.04. The summed E-state index contributed by atoms with van der Waals surface area (Å²) in [6.07, 6.45) is 0. The highest BCUT2D eigenvalue weighted by Crippen LogP contribution is 2.14. The average molecular weight is 223 g/mol. The standard InChI is InChI=1S/C12H17NO3/c1-3-16-11-6-4-5-10(9-11)12(15)13(2)7-8-14/h4-6,9,14H,3,7-8H2,1-2H3. The maximum absolute atomic E-state index is 11.9. The molecule has 0 saturated heterocycles. The number of likely N-dealkylation sites (N-methyl/N-ethyl adjacent to an activating group) is 1. The highest BCUT2D eigenvalue weighted by atomic mass is 16.5. The molecule has 88 valence electrons. The number of hydrogen-bond donors (Lipinski definition) is 1. The lowest BCUT2D eigenvalue weighted by molar-refractivity contribution is 0.0766. The molecule has 4 heteroatoms. The Morgan fingerprint density at radius 1 is 1.50 bits per heavy atom. The molecule has 0 atom stereocenters. The van der Waals surface area contributed by atoms with Crippen molar-refractivity contribution in [3.05, 3.63) is 29.8 Å². The lowest BCUT2D eigenvalue weighted by Crippen LogP contribution is -2.29. The first kappa shape index (κ1) is 12.5. The van der Waals surface area contributed by atoms with Crippen LogP contribution in [0, 0.1) is 0 Å². The van der Waals surface area contributed by atoms with Crippen molar-refractivity contribution in [2.75, 3.05) is 26.8 Å². The number of benzene rings is 1. The first-order chi connectivity index (χ1) is 7.69. The van der Waals surface area contributed by atoms with E-state index in [2.05, 4.69) is 0 Å². The summed E-state index contributed by atoms with van der Waals surface area (Å²) in [5.41, 5.74) is 0.571. The van der Waals surface area contributed by atoms with Gasteiger partial charge in [-0.25, -0.2) is 0 Å². The molecule has 0 unspecified atom stereocenters. The van der Waals surface area contributed by atoms with Gasteiger partial charge in [0.1, 0.15) is 5.75 Å². The normalized spacial score (nSPS) is 9.94. The molecule has 0 saturated carbocycles. The van der Waals surface area contributed by atoms with Crippen molar-refractivity contribution in [2.24, 2.45) is 0 Å². The van der Waals surface area contributed by atoms with Crippen molar-refractivity contribution in [1.29, 1.82) is 0 Å². The molecule has 1 rings (SSSR count). The highest BCUT2D eigenvalue weighted by molar-refractivity contribution is 5.94. The van der Waals surface area contributed by atoms with Gasteiger partial charge in [-0.3, -0.25) is 4.79 Å². The molecule has 0 aromatic heterocycles. The molecule has 16 heavy (non-hydrogen) atoms. The fourth-order valence-electron chi connectivity index (χ4n) is 1.36. The van der Waals surface area contributed by atoms with E-state index < -0.39 is 0 Å². The molecular weight excluding hydrogens is 206 g/mol. The van der Waals surface area contributed by atoms with Gasteiger partial charge in [-0.15, -0.1) is 0 Å². The van der Waals surface area contributed by atoms with Gasteiger partial charge in [0.2, 0.25) is 0 Å². The van der Waals surface area contributed by atoms with Gasteiger partial charge in [-0.2, -0.15) is 0 Å². The van der Waals surface area contributed by atoms with Crippen LogP contribution in [0.5, 0.6) is 5.75 Å². The predicted molar refractivity (Wildman–Crippen MR) is 61.7 cm³/mol. The molecule has 1 N–H and O–H groups in total. The van der Waals surface area contributed by atoms with Crippen molar-refractivity contribution in [3.63, 3.8) is 0 Å². The summed E-state index contributed by atoms with van der Waals surface area (Å²) >= 11 is 0. The zero-order valence-electron chi connectivity index (χ0n) is 9.64. The van der Waals surface area contributed by atoms with Crippen molar-refractivity contribution in [2.45, 2.75) is 6.92 Å². The number of hydrogen-bond acceptors (Lipinski definition) is 3. The van der Waals surface area contributed by atoms with E-state index in [-0.39, 0.29) is 12.5 Å². The van der Waals surface area contributed by atoms with Gasteiger partial charge in [0.15, 0.2) is 0 Å². The largest absolute Gasteiger partial charge is 0.494 e. The van der Waals surface area contributed by atoms with Crippen LogP contribution < -0.4 is 4.74 Å². The lowest BCUT2D eigenvalue weighted by atomic mass is 10.2. The van der Waals surface area contributed by atoms with Gasteiger partial charge in [0, 0.05) is 19.2 Å². The predicted octanol–water partition coefficient (Wildman–Crippen LogP) is 1.15. The second kappa shape index (κ2) is 6.12. The third-order valence-corrected chi connectivity index (χ3v) is 2.17. The molecule has 0 aliphatic heterocycles. The second-order valence-corrected chi connectivity index (χ2v) is 3.41. The smallest absolute Gasteiger partial charge is 0.253 e. The Hall–Kier alpha value is -1.55. The molecule has 1 amide bonds. The molecule has 0 spiro atoms. The Morgan fingerprint density at radius 2 is 2.25 bits per heavy atom. The number of aliphatic hydroxyl groups is 1. The first-order valence-electron chi connectivity index (χ1n) is 5.28. The average Bonchev–Trinajstić information content (AvgIpc) is 2.29. The number of rotatable bonds is 5. The summed E-state index contributed by atoms with van der Waals surface area (Å²) in [5, 5.41) is 8.75. The quantitative estimate of drug-likeness (QED) is 0.814. The van der Waals surface area contributed by atoms with E-state index in [1.54, 1.807) is 25.2 Å². The zero-order chi connectivity index (χ0) is 12.0. The third-order valence-electron chi connectivity index (χ3n) is 2.17. The highest BCUT2D eigenvalue weighted by Gasteiger charge is 2.11. The van der Waals surface area contributed by atoms with E-state index in [1.807, 2.05) is 13.0 Å². The molecule has 0 fully saturated rings. The van der Waals surface area contributed by atoms with Gasteiger partial charge in [-0.1, -0.05) is 6.07 Å². The third kappa shape index (κ3) is 3.24. The SMILES string of the molecule is CCOc1cccc(C(=O)N(C)CCO)c1. The van der Waals surface area contributed by atoms with Gasteiger partial charge < -0.3 is 14.7 Å². The Morgan fingerprint density at radius 3 is 2.88 bits per heavy atom. The van der Waals surface area contributed by atoms with Gasteiger partial charge in [0.25, 0.3) is 5.91 Å². The van der Waals surface area contributed by atoms with Crippen LogP contribution in [0.25, 0.3) is 0 Å². The first-order valence-corrected chi connectivity index (χ1v) is 5.28. The van der Waals surface area contributed by atoms with Crippen LogP contribution in [0.15, 0.2) is 24.3 Å². The Labute approximate surface area is 95.5 Å². The van der Waals surface area contributed by atoms with E-state index in [0.717, 1.165) is 0 Å². The number of carbonyl (C=O) groups is 1. The maximum Gasteiger partial charge on any atom is 0.253 e. The monoisotopic (exact) mass is 223 g/mol. The molecular formula is C12H17NO3. The fraction of sp³-hybridized carbons (Fsp3) is 0.417. The molecule has 1 aromatic rings. The van der Waals surface area contributed by atoms with Crippen LogP contribution in [0.1, 0.15) is 17.3 Å². The van der Waals surface area contributed by atoms with E-state index in [0.29, 0.717) is 24.5 Å². The number of ether oxygens (including phenoxy) is 1. The van der Waals surface area contributed by atoms with Crippen molar-refractivity contribution >= 4 is 5.91 Å². The maximum atomic E-state index is 11.9. The number of carbonyl (C=O) groups excluding carboxylic acids is 1. The number of amides is 1. The Kier molecular flexibility index (Phi) is 4.79. The minimum Gasteiger partial charge on any atom is -0.494 e. The summed E-state index contributed by atoms with van der Waals surface area (Å²) in [7, 11) is 1.66. The molecule has 0 aliphatic rings. The van der Waals surface area contributed by atoms with Gasteiger partial charge >= 0.3 is 0 Å². The second-order valence-electron chi connectivity index (χ2n) is 3.41. The van der Waals surface area contributed by atoms with Crippen molar-refractivity contribution < 1.29 is 14.6 Å². The van der Waals surface area contributed by atoms with Crippen molar-refractivity contribution in [1.82, 2.24) is 4.90 Å². The van der Waals surface area contributed by atoms with Crippen LogP contribution in [0.4, 0.5) is 0 Å². The minimum atomic E-state index is -0.115. The summed E-state index contributed by atoms with van der Waals surface area (Å²) in [4.78, 5) is 13.3. The van der Waals surface area contributed by atoms with E-state index in [1.165, 1.54) is 4.90 Å². The number of nitrogens with zero attached hydrogens (tertiary/aromatic N) is 1. The van der Waals surface area contributed by atoms with Crippen molar-refractivity contribution in [3.8, 4) is 5.75 Å². The molecule has 1 aromatic carbocycles. The Balaban J connectivity index is 2.78. The summed E-state index contributed by atoms with van der Waals surface area (Å²) in [6.45, 7) is 2.77. The fourth-order valence-corrected chi connectivity index (χ4v) is 1.36. The number of aliphatic hydroxyl groups excluding tert-OH is 1. The molecule has 0 radical (unpaired) electrons. The van der Waals surface area contributed by atoms with Crippen LogP contribution in [0.2, 0.25) is 0 Å². The Bertz CT molecular complexity index is 352. The van der Waals surface area contributed by atoms with E-state index in [4.69, 9.17) is 9.84 Å². The van der Waals surface area contributed by atoms with Gasteiger partial charge in [0.05, 0.1) is 13.2 Å². The summed E-state index contributed by atoms with van der Waals surface area (Å²) < 4.78 is 5.32.